The molecule has 0 heterocycles. The Hall–Kier alpha value is -3.07. The molecule has 2 aromatic rings. The number of nitrogens with zero attached hydrogens (tertiary/aromatic N) is 2. The molecule has 0 aliphatic rings. The van der Waals surface area contributed by atoms with Crippen LogP contribution in [-0.2, 0) is 26.2 Å². The van der Waals surface area contributed by atoms with Crippen molar-refractivity contribution >= 4 is 27.5 Å². The van der Waals surface area contributed by atoms with Gasteiger partial charge < -0.3 is 15.0 Å². The molecule has 2 aromatic carbocycles. The topological polar surface area (TPSA) is 96.0 Å². The van der Waals surface area contributed by atoms with E-state index in [-0.39, 0.29) is 12.5 Å². The van der Waals surface area contributed by atoms with Crippen LogP contribution in [0.25, 0.3) is 0 Å². The summed E-state index contributed by atoms with van der Waals surface area (Å²) in [7, 11) is -0.683. The zero-order valence-electron chi connectivity index (χ0n) is 18.5. The summed E-state index contributed by atoms with van der Waals surface area (Å²) in [6, 6.07) is 13.3. The lowest BCUT2D eigenvalue weighted by Gasteiger charge is -2.31. The Balaban J connectivity index is 2.37. The van der Waals surface area contributed by atoms with Crippen LogP contribution in [0.2, 0.25) is 0 Å². The van der Waals surface area contributed by atoms with Crippen LogP contribution in [0, 0.1) is 6.92 Å². The van der Waals surface area contributed by atoms with E-state index >= 15 is 0 Å². The Labute approximate surface area is 183 Å². The first-order valence-corrected chi connectivity index (χ1v) is 11.6. The molecule has 0 saturated heterocycles. The SMILES string of the molecule is CNC(=O)[C@@H](C)N(Cc1ccc(OC)cc1)C(=O)CN(c1ccccc1C)S(C)(=O)=O. The molecule has 9 heteroatoms. The maximum Gasteiger partial charge on any atom is 0.244 e. The second kappa shape index (κ2) is 10.3. The minimum Gasteiger partial charge on any atom is -0.497 e. The van der Waals surface area contributed by atoms with Gasteiger partial charge in [0.2, 0.25) is 21.8 Å². The molecule has 0 fully saturated rings. The number of amides is 2. The van der Waals surface area contributed by atoms with Gasteiger partial charge in [0.1, 0.15) is 18.3 Å². The summed E-state index contributed by atoms with van der Waals surface area (Å²) in [5.41, 5.74) is 1.93. The lowest BCUT2D eigenvalue weighted by atomic mass is 10.1. The maximum absolute atomic E-state index is 13.3. The Morgan fingerprint density at radius 1 is 1.10 bits per heavy atom. The third-order valence-electron chi connectivity index (χ3n) is 4.99. The predicted molar refractivity (Wildman–Crippen MR) is 120 cm³/mol. The average Bonchev–Trinajstić information content (AvgIpc) is 2.74. The molecular weight excluding hydrogens is 418 g/mol. The summed E-state index contributed by atoms with van der Waals surface area (Å²) < 4.78 is 31.2. The van der Waals surface area contributed by atoms with Crippen LogP contribution in [0.1, 0.15) is 18.1 Å². The van der Waals surface area contributed by atoms with Crippen LogP contribution in [-0.4, -0.2) is 58.1 Å². The van der Waals surface area contributed by atoms with E-state index in [4.69, 9.17) is 4.74 Å². The van der Waals surface area contributed by atoms with Crippen LogP contribution >= 0.6 is 0 Å². The van der Waals surface area contributed by atoms with Gasteiger partial charge in [-0.25, -0.2) is 8.42 Å². The number of likely N-dealkylation sites (N-methyl/N-ethyl adjacent to an activating group) is 1. The van der Waals surface area contributed by atoms with Gasteiger partial charge in [0.05, 0.1) is 19.1 Å². The number of carbonyl (C=O) groups is 2. The molecule has 2 rings (SSSR count). The van der Waals surface area contributed by atoms with Crippen molar-refractivity contribution in [1.29, 1.82) is 0 Å². The van der Waals surface area contributed by atoms with E-state index in [1.54, 1.807) is 69.5 Å². The zero-order chi connectivity index (χ0) is 23.2. The van der Waals surface area contributed by atoms with E-state index in [0.29, 0.717) is 11.4 Å². The number of anilines is 1. The third-order valence-corrected chi connectivity index (χ3v) is 6.12. The fourth-order valence-electron chi connectivity index (χ4n) is 3.16. The molecule has 0 radical (unpaired) electrons. The van der Waals surface area contributed by atoms with Crippen molar-refractivity contribution in [2.45, 2.75) is 26.4 Å². The van der Waals surface area contributed by atoms with Crippen LogP contribution in [0.4, 0.5) is 5.69 Å². The Bertz CT molecular complexity index is 1020. The number of methoxy groups -OCH3 is 1. The van der Waals surface area contributed by atoms with Crippen molar-refractivity contribution in [2.75, 3.05) is 31.3 Å². The van der Waals surface area contributed by atoms with E-state index in [9.17, 15) is 18.0 Å². The monoisotopic (exact) mass is 447 g/mol. The minimum absolute atomic E-state index is 0.142. The van der Waals surface area contributed by atoms with Gasteiger partial charge in [-0.1, -0.05) is 30.3 Å². The van der Waals surface area contributed by atoms with Crippen molar-refractivity contribution in [3.05, 3.63) is 59.7 Å². The predicted octanol–water partition coefficient (Wildman–Crippen LogP) is 1.93. The second-order valence-corrected chi connectivity index (χ2v) is 9.12. The maximum atomic E-state index is 13.3. The first-order valence-electron chi connectivity index (χ1n) is 9.75. The fourth-order valence-corrected chi connectivity index (χ4v) is 4.06. The van der Waals surface area contributed by atoms with Crippen LogP contribution in [0.5, 0.6) is 5.75 Å². The molecule has 0 spiro atoms. The highest BCUT2D eigenvalue weighted by Gasteiger charge is 2.30. The van der Waals surface area contributed by atoms with E-state index in [0.717, 1.165) is 21.7 Å². The molecule has 1 atom stereocenters. The van der Waals surface area contributed by atoms with Crippen molar-refractivity contribution in [2.24, 2.45) is 0 Å². The molecule has 31 heavy (non-hydrogen) atoms. The standard InChI is InChI=1S/C22H29N3O5S/c1-16-8-6-7-9-20(16)25(31(5,28)29)15-21(26)24(17(2)22(27)23-3)14-18-10-12-19(30-4)13-11-18/h6-13,17H,14-15H2,1-5H3,(H,23,27)/t17-/m1/s1. The van der Waals surface area contributed by atoms with Crippen LogP contribution < -0.4 is 14.4 Å². The van der Waals surface area contributed by atoms with E-state index in [1.807, 2.05) is 0 Å². The molecule has 8 nitrogen and oxygen atoms in total. The van der Waals surface area contributed by atoms with E-state index < -0.39 is 28.5 Å². The van der Waals surface area contributed by atoms with Gasteiger partial charge in [0, 0.05) is 13.6 Å². The van der Waals surface area contributed by atoms with Gasteiger partial charge in [0.25, 0.3) is 0 Å². The first-order chi connectivity index (χ1) is 14.6. The summed E-state index contributed by atoms with van der Waals surface area (Å²) in [6.45, 7) is 3.11. The van der Waals surface area contributed by atoms with E-state index in [1.165, 1.54) is 11.9 Å². The normalized spacial score (nSPS) is 12.0. The number of hydrogen-bond donors (Lipinski definition) is 1. The largest absolute Gasteiger partial charge is 0.497 e. The van der Waals surface area contributed by atoms with Crippen LogP contribution in [0.3, 0.4) is 0 Å². The number of benzene rings is 2. The summed E-state index contributed by atoms with van der Waals surface area (Å²) in [4.78, 5) is 27.0. The average molecular weight is 448 g/mol. The molecule has 0 unspecified atom stereocenters. The van der Waals surface area contributed by atoms with Crippen molar-refractivity contribution in [3.8, 4) is 5.75 Å². The quantitative estimate of drug-likeness (QED) is 0.634. The Kier molecular flexibility index (Phi) is 8.04. The van der Waals surface area contributed by atoms with Crippen molar-refractivity contribution in [3.63, 3.8) is 0 Å². The van der Waals surface area contributed by atoms with Crippen molar-refractivity contribution < 1.29 is 22.7 Å². The summed E-state index contributed by atoms with van der Waals surface area (Å²) >= 11 is 0. The number of para-hydroxylation sites is 1. The molecular formula is C22H29N3O5S. The highest BCUT2D eigenvalue weighted by atomic mass is 32.2. The number of rotatable bonds is 9. The number of aryl methyl sites for hydroxylation is 1. The first kappa shape index (κ1) is 24.2. The third kappa shape index (κ3) is 6.21. The Morgan fingerprint density at radius 3 is 2.23 bits per heavy atom. The van der Waals surface area contributed by atoms with Gasteiger partial charge in [-0.2, -0.15) is 0 Å². The van der Waals surface area contributed by atoms with Crippen molar-refractivity contribution in [1.82, 2.24) is 10.2 Å². The number of ether oxygens (including phenoxy) is 1. The molecule has 168 valence electrons. The molecule has 2 amide bonds. The molecule has 0 bridgehead atoms. The highest BCUT2D eigenvalue weighted by molar-refractivity contribution is 7.92. The number of hydrogen-bond acceptors (Lipinski definition) is 5. The molecule has 0 aromatic heterocycles. The number of nitrogens with one attached hydrogen (secondary N) is 1. The number of sulfonamides is 1. The Morgan fingerprint density at radius 2 is 1.71 bits per heavy atom. The summed E-state index contributed by atoms with van der Waals surface area (Å²) in [5.74, 6) is -0.159. The molecule has 0 aliphatic heterocycles. The lowest BCUT2D eigenvalue weighted by molar-refractivity contribution is -0.139. The molecule has 0 aliphatic carbocycles. The van der Waals surface area contributed by atoms with Gasteiger partial charge in [-0.05, 0) is 43.2 Å². The van der Waals surface area contributed by atoms with Gasteiger partial charge in [-0.3, -0.25) is 13.9 Å². The van der Waals surface area contributed by atoms with Gasteiger partial charge in [-0.15, -0.1) is 0 Å². The summed E-state index contributed by atoms with van der Waals surface area (Å²) in [6.07, 6.45) is 1.06. The minimum atomic E-state index is -3.73. The fraction of sp³-hybridized carbons (Fsp3) is 0.364. The smallest absolute Gasteiger partial charge is 0.244 e. The number of carbonyl (C=O) groups excluding carboxylic acids is 2. The summed E-state index contributed by atoms with van der Waals surface area (Å²) in [5, 5.41) is 2.54. The van der Waals surface area contributed by atoms with Crippen LogP contribution in [0.15, 0.2) is 48.5 Å². The molecule has 0 saturated carbocycles. The second-order valence-electron chi connectivity index (χ2n) is 7.22. The van der Waals surface area contributed by atoms with Gasteiger partial charge >= 0.3 is 0 Å². The highest BCUT2D eigenvalue weighted by Crippen LogP contribution is 2.23. The van der Waals surface area contributed by atoms with E-state index in [2.05, 4.69) is 5.32 Å². The lowest BCUT2D eigenvalue weighted by Crippen LogP contribution is -2.50. The van der Waals surface area contributed by atoms with Gasteiger partial charge in [0.15, 0.2) is 0 Å². The molecule has 1 N–H and O–H groups in total. The zero-order valence-corrected chi connectivity index (χ0v) is 19.3.